The van der Waals surface area contributed by atoms with Crippen LogP contribution in [0.3, 0.4) is 0 Å². The number of nitrogens with zero attached hydrogens (tertiary/aromatic N) is 3. The highest BCUT2D eigenvalue weighted by atomic mass is 16.5. The van der Waals surface area contributed by atoms with Gasteiger partial charge in [-0.05, 0) is 12.1 Å². The maximum Gasteiger partial charge on any atom is 0.232 e. The molecule has 24 heavy (non-hydrogen) atoms. The summed E-state index contributed by atoms with van der Waals surface area (Å²) >= 11 is 0. The van der Waals surface area contributed by atoms with E-state index in [1.807, 2.05) is 24.3 Å². The third-order valence-corrected chi connectivity index (χ3v) is 4.27. The van der Waals surface area contributed by atoms with Crippen molar-refractivity contribution in [3.05, 3.63) is 30.1 Å². The number of hydrogen-bond acceptors (Lipinski definition) is 6. The van der Waals surface area contributed by atoms with E-state index in [1.165, 1.54) is 18.0 Å². The summed E-state index contributed by atoms with van der Waals surface area (Å²) in [5.74, 6) is 2.12. The van der Waals surface area contributed by atoms with Gasteiger partial charge in [-0.25, -0.2) is 0 Å². The van der Waals surface area contributed by atoms with Gasteiger partial charge < -0.3 is 25.6 Å². The van der Waals surface area contributed by atoms with E-state index in [-0.39, 0.29) is 5.95 Å². The molecule has 0 radical (unpaired) electrons. The zero-order valence-corrected chi connectivity index (χ0v) is 14.2. The standard InChI is InChI=1S/C16H23N7O/c1-22-7-9-23(10-8-22)11-14-19-15(17)21-16(20-14)18-12-5-3-4-6-13(12)24-2/h3-6H,7-11H2,1-2H3,(H3,17,18,19,20,21)/p+2. The molecule has 5 N–H and O–H groups in total. The van der Waals surface area contributed by atoms with Crippen LogP contribution in [0.2, 0.25) is 0 Å². The lowest BCUT2D eigenvalue weighted by molar-refractivity contribution is -1.01. The number of nitrogens with one attached hydrogen (secondary N) is 3. The van der Waals surface area contributed by atoms with Crippen molar-refractivity contribution in [2.24, 2.45) is 0 Å². The number of aromatic nitrogens is 3. The van der Waals surface area contributed by atoms with Crippen molar-refractivity contribution in [2.45, 2.75) is 6.54 Å². The molecule has 0 spiro atoms. The van der Waals surface area contributed by atoms with Crippen molar-refractivity contribution in [1.82, 2.24) is 15.0 Å². The normalized spacial score (nSPS) is 20.6. The van der Waals surface area contributed by atoms with Gasteiger partial charge in [0.2, 0.25) is 11.9 Å². The lowest BCUT2D eigenvalue weighted by Gasteiger charge is -2.26. The summed E-state index contributed by atoms with van der Waals surface area (Å²) < 4.78 is 5.34. The van der Waals surface area contributed by atoms with Gasteiger partial charge in [-0.15, -0.1) is 0 Å². The first-order valence-electron chi connectivity index (χ1n) is 8.19. The fraction of sp³-hybridized carbons (Fsp3) is 0.438. The minimum atomic E-state index is 0.233. The summed E-state index contributed by atoms with van der Waals surface area (Å²) in [6.07, 6.45) is 0. The number of quaternary nitrogens is 2. The second-order valence-electron chi connectivity index (χ2n) is 6.14. The summed E-state index contributed by atoms with van der Waals surface area (Å²) in [7, 11) is 3.86. The van der Waals surface area contributed by atoms with Crippen molar-refractivity contribution in [3.63, 3.8) is 0 Å². The van der Waals surface area contributed by atoms with Crippen molar-refractivity contribution < 1.29 is 14.5 Å². The maximum absolute atomic E-state index is 5.86. The second-order valence-corrected chi connectivity index (χ2v) is 6.14. The van der Waals surface area contributed by atoms with Gasteiger partial charge in [0.25, 0.3) is 0 Å². The Hall–Kier alpha value is -2.45. The lowest BCUT2D eigenvalue weighted by atomic mass is 10.3. The summed E-state index contributed by atoms with van der Waals surface area (Å²) in [5.41, 5.74) is 6.66. The summed E-state index contributed by atoms with van der Waals surface area (Å²) in [6, 6.07) is 7.63. The second kappa shape index (κ2) is 7.41. The molecule has 1 aliphatic rings. The molecule has 1 fully saturated rings. The van der Waals surface area contributed by atoms with E-state index >= 15 is 0 Å². The third kappa shape index (κ3) is 4.09. The van der Waals surface area contributed by atoms with Crippen LogP contribution < -0.4 is 25.6 Å². The molecule has 8 heteroatoms. The molecule has 0 unspecified atom stereocenters. The van der Waals surface area contributed by atoms with Gasteiger partial charge in [0.05, 0.1) is 19.8 Å². The van der Waals surface area contributed by atoms with Crippen molar-refractivity contribution >= 4 is 17.6 Å². The Labute approximate surface area is 141 Å². The quantitative estimate of drug-likeness (QED) is 0.512. The Morgan fingerprint density at radius 2 is 1.88 bits per heavy atom. The van der Waals surface area contributed by atoms with Gasteiger partial charge in [0.15, 0.2) is 5.82 Å². The number of nitrogens with two attached hydrogens (primary N) is 1. The van der Waals surface area contributed by atoms with Crippen molar-refractivity contribution in [1.29, 1.82) is 0 Å². The van der Waals surface area contributed by atoms with Crippen LogP contribution in [0, 0.1) is 0 Å². The number of anilines is 3. The number of methoxy groups -OCH3 is 1. The van der Waals surface area contributed by atoms with Crippen molar-refractivity contribution in [3.8, 4) is 5.75 Å². The molecule has 1 aliphatic heterocycles. The lowest BCUT2D eigenvalue weighted by Crippen LogP contribution is -3.26. The highest BCUT2D eigenvalue weighted by molar-refractivity contribution is 5.62. The predicted molar refractivity (Wildman–Crippen MR) is 91.5 cm³/mol. The van der Waals surface area contributed by atoms with Crippen molar-refractivity contribution in [2.75, 3.05) is 51.4 Å². The average Bonchev–Trinajstić information content (AvgIpc) is 2.57. The molecule has 2 heterocycles. The van der Waals surface area contributed by atoms with Crippen LogP contribution in [0.4, 0.5) is 17.6 Å². The Bertz CT molecular complexity index is 686. The minimum Gasteiger partial charge on any atom is -0.495 e. The highest BCUT2D eigenvalue weighted by Crippen LogP contribution is 2.25. The zero-order chi connectivity index (χ0) is 16.9. The number of ether oxygens (including phenoxy) is 1. The van der Waals surface area contributed by atoms with Crippen LogP contribution in [0.25, 0.3) is 0 Å². The summed E-state index contributed by atoms with van der Waals surface area (Å²) in [4.78, 5) is 16.1. The predicted octanol–water partition coefficient (Wildman–Crippen LogP) is -1.88. The zero-order valence-electron chi connectivity index (χ0n) is 14.2. The molecule has 0 saturated carbocycles. The molecule has 0 atom stereocenters. The van der Waals surface area contributed by atoms with Crippen LogP contribution in [-0.2, 0) is 6.54 Å². The number of para-hydroxylation sites is 2. The molecule has 3 rings (SSSR count). The van der Waals surface area contributed by atoms with Gasteiger partial charge in [-0.1, -0.05) is 12.1 Å². The third-order valence-electron chi connectivity index (χ3n) is 4.27. The Balaban J connectivity index is 1.74. The molecule has 0 bridgehead atoms. The summed E-state index contributed by atoms with van der Waals surface area (Å²) in [5, 5.41) is 3.17. The Morgan fingerprint density at radius 3 is 2.62 bits per heavy atom. The number of likely N-dealkylation sites (N-methyl/N-ethyl adjacent to an activating group) is 1. The number of piperazine rings is 1. The van der Waals surface area contributed by atoms with Gasteiger partial charge in [0, 0.05) is 0 Å². The number of nitrogen functional groups attached to an aromatic ring is 1. The fourth-order valence-corrected chi connectivity index (χ4v) is 2.87. The summed E-state index contributed by atoms with van der Waals surface area (Å²) in [6.45, 7) is 5.34. The maximum atomic E-state index is 5.86. The minimum absolute atomic E-state index is 0.233. The molecule has 1 saturated heterocycles. The van der Waals surface area contributed by atoms with E-state index in [0.717, 1.165) is 36.9 Å². The molecule has 0 aliphatic carbocycles. The van der Waals surface area contributed by atoms with Crippen LogP contribution in [0.5, 0.6) is 5.75 Å². The van der Waals surface area contributed by atoms with Crippen LogP contribution in [0.1, 0.15) is 5.82 Å². The molecule has 1 aromatic heterocycles. The molecule has 128 valence electrons. The largest absolute Gasteiger partial charge is 0.495 e. The molecule has 2 aromatic rings. The molecular weight excluding hydrogens is 306 g/mol. The Kier molecular flexibility index (Phi) is 5.07. The van der Waals surface area contributed by atoms with Crippen LogP contribution >= 0.6 is 0 Å². The number of rotatable bonds is 5. The number of hydrogen-bond donors (Lipinski definition) is 4. The van der Waals surface area contributed by atoms with E-state index in [4.69, 9.17) is 10.5 Å². The van der Waals surface area contributed by atoms with Crippen LogP contribution in [0.15, 0.2) is 24.3 Å². The van der Waals surface area contributed by atoms with Gasteiger partial charge in [-0.2, -0.15) is 15.0 Å². The monoisotopic (exact) mass is 331 g/mol. The van der Waals surface area contributed by atoms with E-state index in [0.29, 0.717) is 5.95 Å². The van der Waals surface area contributed by atoms with E-state index < -0.39 is 0 Å². The van der Waals surface area contributed by atoms with Crippen LogP contribution in [-0.4, -0.2) is 55.3 Å². The first kappa shape index (κ1) is 16.4. The van der Waals surface area contributed by atoms with E-state index in [1.54, 1.807) is 12.0 Å². The smallest absolute Gasteiger partial charge is 0.232 e. The molecule has 8 nitrogen and oxygen atoms in total. The van der Waals surface area contributed by atoms with E-state index in [9.17, 15) is 0 Å². The van der Waals surface area contributed by atoms with E-state index in [2.05, 4.69) is 27.3 Å². The van der Waals surface area contributed by atoms with Gasteiger partial charge in [0.1, 0.15) is 38.5 Å². The highest BCUT2D eigenvalue weighted by Gasteiger charge is 2.21. The first-order valence-corrected chi connectivity index (χ1v) is 8.19. The molecule has 0 amide bonds. The fourth-order valence-electron chi connectivity index (χ4n) is 2.87. The topological polar surface area (TPSA) is 94.8 Å². The average molecular weight is 331 g/mol. The molecular formula is C16H25N7O+2. The number of benzene rings is 1. The van der Waals surface area contributed by atoms with Gasteiger partial charge in [-0.3, -0.25) is 0 Å². The Morgan fingerprint density at radius 1 is 1.12 bits per heavy atom. The van der Waals surface area contributed by atoms with Gasteiger partial charge >= 0.3 is 0 Å². The molecule has 1 aromatic carbocycles. The first-order chi connectivity index (χ1) is 11.6. The SMILES string of the molecule is COc1ccccc1Nc1nc(N)nc(C[NH+]2CC[NH+](C)CC2)n1.